The Balaban J connectivity index is 1.52. The standard InChI is InChI=1S/C27H34O2S/c1-18-10-12-20(13-11-18)24(16-23(28)19-8-6-5-7-9-19)30-17-21-22-14-15-27(4,25(21)29)26(22,2)3/h5-13,21-24,28H,14-17H2,1-4H3/t21-,22+,23-,24-,27-/m0/s1. The van der Waals surface area contributed by atoms with Gasteiger partial charge in [0.05, 0.1) is 6.10 Å². The third-order valence-electron chi connectivity index (χ3n) is 8.22. The molecule has 3 heteroatoms. The second kappa shape index (κ2) is 8.16. The van der Waals surface area contributed by atoms with Crippen LogP contribution in [0.15, 0.2) is 54.6 Å². The minimum absolute atomic E-state index is 0.0955. The van der Waals surface area contributed by atoms with Gasteiger partial charge in [0.1, 0.15) is 5.78 Å². The fourth-order valence-corrected chi connectivity index (χ4v) is 7.27. The summed E-state index contributed by atoms with van der Waals surface area (Å²) in [5.41, 5.74) is 3.37. The Kier molecular flexibility index (Phi) is 5.89. The van der Waals surface area contributed by atoms with Gasteiger partial charge in [-0.3, -0.25) is 4.79 Å². The summed E-state index contributed by atoms with van der Waals surface area (Å²) in [6, 6.07) is 18.6. The van der Waals surface area contributed by atoms with Crippen molar-refractivity contribution < 1.29 is 9.90 Å². The summed E-state index contributed by atoms with van der Waals surface area (Å²) < 4.78 is 0. The van der Waals surface area contributed by atoms with Gasteiger partial charge in [0.2, 0.25) is 0 Å². The van der Waals surface area contributed by atoms with E-state index >= 15 is 0 Å². The molecule has 0 amide bonds. The zero-order valence-electron chi connectivity index (χ0n) is 18.6. The molecule has 2 saturated carbocycles. The minimum atomic E-state index is -0.505. The molecular weight excluding hydrogens is 388 g/mol. The molecule has 2 fully saturated rings. The molecule has 2 bridgehead atoms. The summed E-state index contributed by atoms with van der Waals surface area (Å²) in [6.07, 6.45) is 2.36. The summed E-state index contributed by atoms with van der Waals surface area (Å²) in [6.45, 7) is 8.88. The molecule has 30 heavy (non-hydrogen) atoms. The van der Waals surface area contributed by atoms with Crippen molar-refractivity contribution in [1.29, 1.82) is 0 Å². The van der Waals surface area contributed by atoms with E-state index in [4.69, 9.17) is 0 Å². The van der Waals surface area contributed by atoms with Crippen molar-refractivity contribution in [3.63, 3.8) is 0 Å². The maximum Gasteiger partial charge on any atom is 0.143 e. The van der Waals surface area contributed by atoms with Crippen LogP contribution in [-0.4, -0.2) is 16.6 Å². The summed E-state index contributed by atoms with van der Waals surface area (Å²) in [7, 11) is 0. The maximum atomic E-state index is 13.3. The maximum absolute atomic E-state index is 13.3. The molecule has 1 N–H and O–H groups in total. The molecular formula is C27H34O2S. The Morgan fingerprint density at radius 2 is 1.70 bits per heavy atom. The van der Waals surface area contributed by atoms with Crippen molar-refractivity contribution in [1.82, 2.24) is 0 Å². The van der Waals surface area contributed by atoms with Gasteiger partial charge in [-0.05, 0) is 48.6 Å². The molecule has 2 aromatic carbocycles. The molecule has 0 aliphatic heterocycles. The number of aliphatic hydroxyl groups is 1. The summed E-state index contributed by atoms with van der Waals surface area (Å²) in [5, 5.41) is 11.1. The smallest absolute Gasteiger partial charge is 0.143 e. The Bertz CT molecular complexity index is 889. The lowest BCUT2D eigenvalue weighted by Gasteiger charge is -2.32. The van der Waals surface area contributed by atoms with Crippen molar-refractivity contribution in [3.8, 4) is 0 Å². The van der Waals surface area contributed by atoms with E-state index in [9.17, 15) is 9.90 Å². The van der Waals surface area contributed by atoms with E-state index in [1.54, 1.807) is 0 Å². The van der Waals surface area contributed by atoms with Gasteiger partial charge >= 0.3 is 0 Å². The molecule has 2 aromatic rings. The largest absolute Gasteiger partial charge is 0.388 e. The molecule has 0 saturated heterocycles. The molecule has 5 atom stereocenters. The van der Waals surface area contributed by atoms with E-state index in [1.165, 1.54) is 17.5 Å². The van der Waals surface area contributed by atoms with Gasteiger partial charge in [-0.25, -0.2) is 0 Å². The van der Waals surface area contributed by atoms with Gasteiger partial charge in [-0.1, -0.05) is 80.9 Å². The molecule has 0 spiro atoms. The van der Waals surface area contributed by atoms with Gasteiger partial charge < -0.3 is 5.11 Å². The summed E-state index contributed by atoms with van der Waals surface area (Å²) >= 11 is 1.86. The number of carbonyl (C=O) groups excluding carboxylic acids is 1. The van der Waals surface area contributed by atoms with Crippen molar-refractivity contribution in [2.45, 2.75) is 58.3 Å². The van der Waals surface area contributed by atoms with Gasteiger partial charge in [0.25, 0.3) is 0 Å². The number of ketones is 1. The van der Waals surface area contributed by atoms with Crippen molar-refractivity contribution in [2.75, 3.05) is 5.75 Å². The number of benzene rings is 2. The van der Waals surface area contributed by atoms with Crippen LogP contribution in [0.3, 0.4) is 0 Å². The lowest BCUT2D eigenvalue weighted by atomic mass is 9.70. The van der Waals surface area contributed by atoms with Gasteiger partial charge in [-0.2, -0.15) is 11.8 Å². The second-order valence-corrected chi connectivity index (χ2v) is 11.3. The molecule has 0 unspecified atom stereocenters. The average molecular weight is 423 g/mol. The predicted octanol–water partition coefficient (Wildman–Crippen LogP) is 6.53. The van der Waals surface area contributed by atoms with E-state index in [1.807, 2.05) is 42.1 Å². The highest BCUT2D eigenvalue weighted by atomic mass is 32.2. The SMILES string of the molecule is Cc1ccc([C@H](C[C@H](O)c2ccccc2)SC[C@@H]2C(=O)[C@]3(C)CC[C@H]2C3(C)C)cc1. The Labute approximate surface area is 185 Å². The average Bonchev–Trinajstić information content (AvgIpc) is 3.05. The quantitative estimate of drug-likeness (QED) is 0.551. The number of rotatable bonds is 7. The lowest BCUT2D eigenvalue weighted by molar-refractivity contribution is -0.131. The first-order valence-electron chi connectivity index (χ1n) is 11.2. The normalized spacial score (nSPS) is 29.2. The molecule has 0 aromatic heterocycles. The molecule has 160 valence electrons. The molecule has 0 heterocycles. The number of Topliss-reactive ketones (excluding diaryl/α,β-unsaturated/α-hetero) is 1. The number of fused-ring (bicyclic) bond motifs is 2. The minimum Gasteiger partial charge on any atom is -0.388 e. The van der Waals surface area contributed by atoms with Gasteiger partial charge in [0.15, 0.2) is 0 Å². The molecule has 2 nitrogen and oxygen atoms in total. The summed E-state index contributed by atoms with van der Waals surface area (Å²) in [4.78, 5) is 13.3. The highest BCUT2D eigenvalue weighted by molar-refractivity contribution is 7.99. The Hall–Kier alpha value is -1.58. The first-order valence-corrected chi connectivity index (χ1v) is 12.2. The number of hydrogen-bond acceptors (Lipinski definition) is 3. The first kappa shape index (κ1) is 21.6. The highest BCUT2D eigenvalue weighted by Crippen LogP contribution is 2.66. The van der Waals surface area contributed by atoms with Gasteiger partial charge in [0, 0.05) is 22.3 Å². The van der Waals surface area contributed by atoms with Crippen LogP contribution in [-0.2, 0) is 4.79 Å². The monoisotopic (exact) mass is 422 g/mol. The predicted molar refractivity (Wildman–Crippen MR) is 126 cm³/mol. The van der Waals surface area contributed by atoms with Crippen LogP contribution in [0.1, 0.15) is 68.1 Å². The number of aliphatic hydroxyl groups excluding tert-OH is 1. The van der Waals surface area contributed by atoms with Crippen molar-refractivity contribution in [3.05, 3.63) is 71.3 Å². The zero-order chi connectivity index (χ0) is 21.5. The lowest BCUT2D eigenvalue weighted by Crippen LogP contribution is -2.33. The number of thioether (sulfide) groups is 1. The third-order valence-corrected chi connectivity index (χ3v) is 9.64. The Morgan fingerprint density at radius 3 is 2.30 bits per heavy atom. The molecule has 4 rings (SSSR count). The number of hydrogen-bond donors (Lipinski definition) is 1. The van der Waals surface area contributed by atoms with E-state index in [0.717, 1.165) is 17.7 Å². The fourth-order valence-electron chi connectivity index (χ4n) is 5.78. The summed E-state index contributed by atoms with van der Waals surface area (Å²) in [5.74, 6) is 1.95. The molecule has 2 aliphatic carbocycles. The number of carbonyl (C=O) groups is 1. The third kappa shape index (κ3) is 3.65. The topological polar surface area (TPSA) is 37.3 Å². The Morgan fingerprint density at radius 1 is 1.03 bits per heavy atom. The van der Waals surface area contributed by atoms with E-state index in [0.29, 0.717) is 18.1 Å². The molecule has 0 radical (unpaired) electrons. The van der Waals surface area contributed by atoms with Crippen LogP contribution in [0.5, 0.6) is 0 Å². The van der Waals surface area contributed by atoms with Crippen LogP contribution >= 0.6 is 11.8 Å². The number of aryl methyl sites for hydroxylation is 1. The highest BCUT2D eigenvalue weighted by Gasteiger charge is 2.65. The van der Waals surface area contributed by atoms with Gasteiger partial charge in [-0.15, -0.1) is 0 Å². The molecule has 2 aliphatic rings. The van der Waals surface area contributed by atoms with Crippen LogP contribution in [0, 0.1) is 29.6 Å². The van der Waals surface area contributed by atoms with Crippen LogP contribution < -0.4 is 0 Å². The van der Waals surface area contributed by atoms with E-state index in [2.05, 4.69) is 52.0 Å². The van der Waals surface area contributed by atoms with Crippen LogP contribution in [0.25, 0.3) is 0 Å². The van der Waals surface area contributed by atoms with Crippen molar-refractivity contribution >= 4 is 17.5 Å². The van der Waals surface area contributed by atoms with E-state index < -0.39 is 6.10 Å². The van der Waals surface area contributed by atoms with Crippen LogP contribution in [0.4, 0.5) is 0 Å². The van der Waals surface area contributed by atoms with Crippen LogP contribution in [0.2, 0.25) is 0 Å². The fraction of sp³-hybridized carbons (Fsp3) is 0.519. The van der Waals surface area contributed by atoms with E-state index in [-0.39, 0.29) is 22.0 Å². The van der Waals surface area contributed by atoms with Crippen molar-refractivity contribution in [2.24, 2.45) is 22.7 Å². The first-order chi connectivity index (χ1) is 14.2. The second-order valence-electron chi connectivity index (χ2n) is 10.1. The zero-order valence-corrected chi connectivity index (χ0v) is 19.4.